The van der Waals surface area contributed by atoms with E-state index in [-0.39, 0.29) is 5.78 Å². The van der Waals surface area contributed by atoms with Crippen molar-refractivity contribution in [1.82, 2.24) is 9.97 Å². The monoisotopic (exact) mass is 279 g/mol. The molecule has 0 spiro atoms. The molecule has 0 radical (unpaired) electrons. The minimum Gasteiger partial charge on any atom is -0.464 e. The van der Waals surface area contributed by atoms with Crippen molar-refractivity contribution in [3.63, 3.8) is 0 Å². The number of hydrogen-bond donors (Lipinski definition) is 1. The van der Waals surface area contributed by atoms with Gasteiger partial charge in [0.2, 0.25) is 5.95 Å². The quantitative estimate of drug-likeness (QED) is 0.777. The third kappa shape index (κ3) is 2.16. The lowest BCUT2D eigenvalue weighted by Gasteiger charge is -2.14. The zero-order chi connectivity index (χ0) is 14.2. The van der Waals surface area contributed by atoms with E-state index < -0.39 is 0 Å². The molecule has 2 heterocycles. The summed E-state index contributed by atoms with van der Waals surface area (Å²) < 4.78 is 5.31. The van der Waals surface area contributed by atoms with Crippen molar-refractivity contribution in [3.8, 4) is 0 Å². The number of aromatic nitrogens is 2. The highest BCUT2D eigenvalue weighted by atomic mass is 16.3. The molecule has 4 rings (SSSR count). The van der Waals surface area contributed by atoms with E-state index in [2.05, 4.69) is 15.3 Å². The molecular weight excluding hydrogens is 266 g/mol. The first-order valence-corrected chi connectivity index (χ1v) is 6.93. The number of aryl methyl sites for hydroxylation is 1. The van der Waals surface area contributed by atoms with E-state index in [1.807, 2.05) is 24.3 Å². The van der Waals surface area contributed by atoms with E-state index in [0.717, 1.165) is 35.2 Å². The Morgan fingerprint density at radius 1 is 1.19 bits per heavy atom. The van der Waals surface area contributed by atoms with E-state index >= 15 is 0 Å². The molecule has 1 aromatic carbocycles. The normalized spacial score (nSPS) is 14.2. The highest BCUT2D eigenvalue weighted by molar-refractivity contribution is 5.97. The number of furan rings is 1. The maximum atomic E-state index is 11.8. The third-order valence-corrected chi connectivity index (χ3v) is 3.69. The molecule has 0 bridgehead atoms. The maximum Gasteiger partial charge on any atom is 0.227 e. The standard InChI is InChI=1S/C16H13N3O2/c20-14-3-1-2-13-12(14)9-17-16(19-13)18-11-4-5-15-10(8-11)6-7-21-15/h4-9H,1-3H2,(H,17,18,19). The molecule has 0 fully saturated rings. The summed E-state index contributed by atoms with van der Waals surface area (Å²) in [6.07, 6.45) is 5.58. The summed E-state index contributed by atoms with van der Waals surface area (Å²) in [7, 11) is 0. The fourth-order valence-corrected chi connectivity index (χ4v) is 2.63. The molecule has 1 aliphatic rings. The Balaban J connectivity index is 1.66. The molecule has 0 saturated heterocycles. The van der Waals surface area contributed by atoms with Crippen molar-refractivity contribution in [1.29, 1.82) is 0 Å². The summed E-state index contributed by atoms with van der Waals surface area (Å²) in [6, 6.07) is 7.71. The first kappa shape index (κ1) is 12.1. The second-order valence-electron chi connectivity index (χ2n) is 5.13. The van der Waals surface area contributed by atoms with E-state index in [1.54, 1.807) is 12.5 Å². The van der Waals surface area contributed by atoms with E-state index in [0.29, 0.717) is 17.9 Å². The molecule has 1 N–H and O–H groups in total. The minimum atomic E-state index is 0.141. The van der Waals surface area contributed by atoms with Crippen molar-refractivity contribution in [3.05, 3.63) is 48.0 Å². The van der Waals surface area contributed by atoms with Gasteiger partial charge in [0, 0.05) is 23.7 Å². The van der Waals surface area contributed by atoms with Crippen molar-refractivity contribution in [2.45, 2.75) is 19.3 Å². The molecule has 104 valence electrons. The number of fused-ring (bicyclic) bond motifs is 2. The average Bonchev–Trinajstić information content (AvgIpc) is 2.95. The molecule has 5 nitrogen and oxygen atoms in total. The predicted molar refractivity (Wildman–Crippen MR) is 78.8 cm³/mol. The van der Waals surface area contributed by atoms with Crippen LogP contribution in [0.15, 0.2) is 41.1 Å². The Bertz CT molecular complexity index is 838. The molecular formula is C16H13N3O2. The summed E-state index contributed by atoms with van der Waals surface area (Å²) in [4.78, 5) is 20.5. The van der Waals surface area contributed by atoms with Crippen LogP contribution in [0.4, 0.5) is 11.6 Å². The first-order chi connectivity index (χ1) is 10.3. The summed E-state index contributed by atoms with van der Waals surface area (Å²) >= 11 is 0. The number of nitrogens with one attached hydrogen (secondary N) is 1. The fourth-order valence-electron chi connectivity index (χ4n) is 2.63. The van der Waals surface area contributed by atoms with Crippen molar-refractivity contribution < 1.29 is 9.21 Å². The Labute approximate surface area is 121 Å². The summed E-state index contributed by atoms with van der Waals surface area (Å²) in [6.45, 7) is 0. The molecule has 0 saturated carbocycles. The SMILES string of the molecule is O=C1CCCc2nc(Nc3ccc4occc4c3)ncc21. The number of hydrogen-bond acceptors (Lipinski definition) is 5. The van der Waals surface area contributed by atoms with Crippen LogP contribution in [0.2, 0.25) is 0 Å². The van der Waals surface area contributed by atoms with Crippen LogP contribution in [0.1, 0.15) is 28.9 Å². The Kier molecular flexibility index (Phi) is 2.70. The van der Waals surface area contributed by atoms with Crippen molar-refractivity contribution in [2.24, 2.45) is 0 Å². The predicted octanol–water partition coefficient (Wildman–Crippen LogP) is 3.49. The second kappa shape index (κ2) is 4.70. The lowest BCUT2D eigenvalue weighted by molar-refractivity contribution is 0.0971. The van der Waals surface area contributed by atoms with Gasteiger partial charge in [-0.05, 0) is 37.1 Å². The van der Waals surface area contributed by atoms with Gasteiger partial charge < -0.3 is 9.73 Å². The zero-order valence-electron chi connectivity index (χ0n) is 11.3. The molecule has 1 aliphatic carbocycles. The Hall–Kier alpha value is -2.69. The highest BCUT2D eigenvalue weighted by Gasteiger charge is 2.19. The van der Waals surface area contributed by atoms with Gasteiger partial charge in [0.15, 0.2) is 5.78 Å². The van der Waals surface area contributed by atoms with Crippen LogP contribution in [0.5, 0.6) is 0 Å². The average molecular weight is 279 g/mol. The van der Waals surface area contributed by atoms with Crippen LogP contribution in [0.25, 0.3) is 11.0 Å². The number of ketones is 1. The van der Waals surface area contributed by atoms with E-state index in [4.69, 9.17) is 4.42 Å². The van der Waals surface area contributed by atoms with E-state index in [9.17, 15) is 4.79 Å². The number of nitrogens with zero attached hydrogens (tertiary/aromatic N) is 2. The van der Waals surface area contributed by atoms with Gasteiger partial charge in [0.25, 0.3) is 0 Å². The molecule has 0 amide bonds. The molecule has 3 aromatic rings. The minimum absolute atomic E-state index is 0.141. The number of anilines is 2. The second-order valence-corrected chi connectivity index (χ2v) is 5.13. The van der Waals surface area contributed by atoms with Crippen LogP contribution in [0, 0.1) is 0 Å². The van der Waals surface area contributed by atoms with Crippen LogP contribution in [0.3, 0.4) is 0 Å². The first-order valence-electron chi connectivity index (χ1n) is 6.93. The maximum absolute atomic E-state index is 11.8. The van der Waals surface area contributed by atoms with Crippen molar-refractivity contribution >= 4 is 28.4 Å². The molecule has 21 heavy (non-hydrogen) atoms. The smallest absolute Gasteiger partial charge is 0.227 e. The van der Waals surface area contributed by atoms with Gasteiger partial charge in [-0.1, -0.05) is 0 Å². The lowest BCUT2D eigenvalue weighted by atomic mass is 9.96. The number of benzene rings is 1. The summed E-state index contributed by atoms with van der Waals surface area (Å²) in [5.41, 5.74) is 3.24. The number of rotatable bonds is 2. The van der Waals surface area contributed by atoms with Gasteiger partial charge in [-0.15, -0.1) is 0 Å². The molecule has 5 heteroatoms. The van der Waals surface area contributed by atoms with Gasteiger partial charge in [0.1, 0.15) is 5.58 Å². The third-order valence-electron chi connectivity index (χ3n) is 3.69. The topological polar surface area (TPSA) is 68.0 Å². The Morgan fingerprint density at radius 3 is 3.10 bits per heavy atom. The van der Waals surface area contributed by atoms with Crippen molar-refractivity contribution in [2.75, 3.05) is 5.32 Å². The number of carbonyl (C=O) groups excluding carboxylic acids is 1. The number of Topliss-reactive ketones (excluding diaryl/α,β-unsaturated/α-hetero) is 1. The molecule has 0 unspecified atom stereocenters. The fraction of sp³-hybridized carbons (Fsp3) is 0.188. The largest absolute Gasteiger partial charge is 0.464 e. The van der Waals surface area contributed by atoms with Gasteiger partial charge >= 0.3 is 0 Å². The highest BCUT2D eigenvalue weighted by Crippen LogP contribution is 2.24. The molecule has 0 aliphatic heterocycles. The van der Waals surface area contributed by atoms with Crippen LogP contribution in [-0.2, 0) is 6.42 Å². The van der Waals surface area contributed by atoms with Gasteiger partial charge in [-0.25, -0.2) is 9.97 Å². The number of carbonyl (C=O) groups is 1. The summed E-state index contributed by atoms with van der Waals surface area (Å²) in [5.74, 6) is 0.661. The molecule has 2 aromatic heterocycles. The van der Waals surface area contributed by atoms with E-state index in [1.165, 1.54) is 0 Å². The van der Waals surface area contributed by atoms with Gasteiger partial charge in [0.05, 0.1) is 17.5 Å². The van der Waals surface area contributed by atoms with Crippen LogP contribution in [-0.4, -0.2) is 15.8 Å². The van der Waals surface area contributed by atoms with Gasteiger partial charge in [-0.2, -0.15) is 0 Å². The van der Waals surface area contributed by atoms with Gasteiger partial charge in [-0.3, -0.25) is 4.79 Å². The van der Waals surface area contributed by atoms with Crippen LogP contribution < -0.4 is 5.32 Å². The summed E-state index contributed by atoms with van der Waals surface area (Å²) in [5, 5.41) is 4.20. The Morgan fingerprint density at radius 2 is 2.14 bits per heavy atom. The zero-order valence-corrected chi connectivity index (χ0v) is 11.3. The molecule has 0 atom stereocenters. The lowest BCUT2D eigenvalue weighted by Crippen LogP contribution is -2.14. The van der Waals surface area contributed by atoms with Crippen LogP contribution >= 0.6 is 0 Å².